The van der Waals surface area contributed by atoms with E-state index in [1.54, 1.807) is 0 Å². The van der Waals surface area contributed by atoms with Gasteiger partial charge in [0.05, 0.1) is 5.52 Å². The van der Waals surface area contributed by atoms with E-state index in [0.29, 0.717) is 17.7 Å². The number of hydrogen-bond donors (Lipinski definition) is 2. The number of fused-ring (bicyclic) bond motifs is 2. The second kappa shape index (κ2) is 5.41. The van der Waals surface area contributed by atoms with Crippen LogP contribution in [0.1, 0.15) is 25.0 Å². The Morgan fingerprint density at radius 2 is 2.04 bits per heavy atom. The number of aromatic nitrogens is 3. The molecule has 2 aliphatic rings. The van der Waals surface area contributed by atoms with Crippen molar-refractivity contribution in [3.63, 3.8) is 0 Å². The van der Waals surface area contributed by atoms with Gasteiger partial charge in [-0.05, 0) is 49.8 Å². The van der Waals surface area contributed by atoms with Crippen molar-refractivity contribution >= 4 is 22.6 Å². The van der Waals surface area contributed by atoms with Crippen molar-refractivity contribution in [1.82, 2.24) is 15.0 Å². The lowest BCUT2D eigenvalue weighted by atomic mass is 10.1. The van der Waals surface area contributed by atoms with Gasteiger partial charge in [0.1, 0.15) is 5.82 Å². The molecule has 3 heterocycles. The van der Waals surface area contributed by atoms with Gasteiger partial charge in [0.2, 0.25) is 5.91 Å². The van der Waals surface area contributed by atoms with Gasteiger partial charge in [0, 0.05) is 46.7 Å². The molecular formula is C20H20N4O. The second-order valence-corrected chi connectivity index (χ2v) is 7.30. The first-order chi connectivity index (χ1) is 12.2. The number of pyridine rings is 2. The first kappa shape index (κ1) is 14.6. The standard InChI is InChI=1S/C20H20N4O/c1-11-7-12(5-6-21-11)16-8-13-10-22-18(9-17(13)23-16)24-20(25)19-14-3-2-4-15(14)19/h5-10,14-15,19,23H,2-4H2,1H3,(H,22,24,25). The van der Waals surface area contributed by atoms with E-state index in [2.05, 4.69) is 26.3 Å². The lowest BCUT2D eigenvalue weighted by Gasteiger charge is -2.05. The third-order valence-electron chi connectivity index (χ3n) is 5.67. The Bertz CT molecular complexity index is 967. The van der Waals surface area contributed by atoms with Crippen LogP contribution >= 0.6 is 0 Å². The van der Waals surface area contributed by atoms with Crippen molar-refractivity contribution in [3.05, 3.63) is 42.4 Å². The molecular weight excluding hydrogens is 312 g/mol. The number of H-pyrrole nitrogens is 1. The molecule has 126 valence electrons. The molecule has 0 saturated heterocycles. The summed E-state index contributed by atoms with van der Waals surface area (Å²) in [4.78, 5) is 24.5. The van der Waals surface area contributed by atoms with E-state index in [1.165, 1.54) is 19.3 Å². The van der Waals surface area contributed by atoms with E-state index in [4.69, 9.17) is 0 Å². The summed E-state index contributed by atoms with van der Waals surface area (Å²) >= 11 is 0. The van der Waals surface area contributed by atoms with E-state index in [1.807, 2.05) is 37.5 Å². The number of aromatic amines is 1. The summed E-state index contributed by atoms with van der Waals surface area (Å²) in [5.74, 6) is 2.22. The van der Waals surface area contributed by atoms with Gasteiger partial charge in [-0.15, -0.1) is 0 Å². The van der Waals surface area contributed by atoms with Gasteiger partial charge in [-0.2, -0.15) is 0 Å². The largest absolute Gasteiger partial charge is 0.354 e. The molecule has 2 aliphatic carbocycles. The summed E-state index contributed by atoms with van der Waals surface area (Å²) in [5.41, 5.74) is 4.09. The Morgan fingerprint density at radius 3 is 2.84 bits per heavy atom. The molecule has 0 bridgehead atoms. The number of hydrogen-bond acceptors (Lipinski definition) is 3. The zero-order valence-corrected chi connectivity index (χ0v) is 14.1. The molecule has 2 N–H and O–H groups in total. The van der Waals surface area contributed by atoms with Gasteiger partial charge in [0.15, 0.2) is 0 Å². The topological polar surface area (TPSA) is 70.7 Å². The Hall–Kier alpha value is -2.69. The van der Waals surface area contributed by atoms with Gasteiger partial charge in [-0.3, -0.25) is 9.78 Å². The number of nitrogens with one attached hydrogen (secondary N) is 2. The Labute approximate surface area is 145 Å². The molecule has 0 radical (unpaired) electrons. The molecule has 5 heteroatoms. The molecule has 3 aromatic heterocycles. The molecule has 2 fully saturated rings. The summed E-state index contributed by atoms with van der Waals surface area (Å²) in [6.45, 7) is 1.98. The molecule has 0 spiro atoms. The highest BCUT2D eigenvalue weighted by atomic mass is 16.2. The number of amides is 1. The van der Waals surface area contributed by atoms with E-state index < -0.39 is 0 Å². The molecule has 2 atom stereocenters. The van der Waals surface area contributed by atoms with Crippen molar-refractivity contribution in [2.45, 2.75) is 26.2 Å². The van der Waals surface area contributed by atoms with Crippen LogP contribution in [0.25, 0.3) is 22.2 Å². The van der Waals surface area contributed by atoms with Gasteiger partial charge in [-0.25, -0.2) is 4.98 Å². The third-order valence-corrected chi connectivity index (χ3v) is 5.67. The fourth-order valence-corrected chi connectivity index (χ4v) is 4.38. The maximum atomic E-state index is 12.4. The van der Waals surface area contributed by atoms with Crippen LogP contribution in [0.5, 0.6) is 0 Å². The quantitative estimate of drug-likeness (QED) is 0.764. The maximum absolute atomic E-state index is 12.4. The Kier molecular flexibility index (Phi) is 3.17. The van der Waals surface area contributed by atoms with Crippen molar-refractivity contribution < 1.29 is 4.79 Å². The highest BCUT2D eigenvalue weighted by molar-refractivity contribution is 5.96. The lowest BCUT2D eigenvalue weighted by molar-refractivity contribution is -0.118. The molecule has 5 rings (SSSR count). The van der Waals surface area contributed by atoms with Crippen LogP contribution in [0.4, 0.5) is 5.82 Å². The van der Waals surface area contributed by atoms with E-state index in [9.17, 15) is 4.79 Å². The fourth-order valence-electron chi connectivity index (χ4n) is 4.38. The number of carbonyl (C=O) groups excluding carboxylic acids is 1. The second-order valence-electron chi connectivity index (χ2n) is 7.30. The minimum absolute atomic E-state index is 0.137. The average molecular weight is 332 g/mol. The van der Waals surface area contributed by atoms with Crippen LogP contribution < -0.4 is 5.32 Å². The Morgan fingerprint density at radius 1 is 1.20 bits per heavy atom. The molecule has 2 saturated carbocycles. The summed E-state index contributed by atoms with van der Waals surface area (Å²) in [7, 11) is 0. The molecule has 2 unspecified atom stereocenters. The first-order valence-electron chi connectivity index (χ1n) is 8.92. The van der Waals surface area contributed by atoms with Crippen LogP contribution in [-0.2, 0) is 4.79 Å². The number of rotatable bonds is 3. The van der Waals surface area contributed by atoms with E-state index >= 15 is 0 Å². The summed E-state index contributed by atoms with van der Waals surface area (Å²) in [6, 6.07) is 8.03. The van der Waals surface area contributed by atoms with Gasteiger partial charge in [0.25, 0.3) is 0 Å². The van der Waals surface area contributed by atoms with E-state index in [0.717, 1.165) is 27.9 Å². The van der Waals surface area contributed by atoms with E-state index in [-0.39, 0.29) is 11.8 Å². The average Bonchev–Trinajstić information content (AvgIpc) is 2.96. The fraction of sp³-hybridized carbons (Fsp3) is 0.350. The predicted octanol–water partition coefficient (Wildman–Crippen LogP) is 3.92. The number of anilines is 1. The smallest absolute Gasteiger partial charge is 0.229 e. The predicted molar refractivity (Wildman–Crippen MR) is 97.0 cm³/mol. The van der Waals surface area contributed by atoms with Gasteiger partial charge < -0.3 is 10.3 Å². The Balaban J connectivity index is 1.39. The number of carbonyl (C=O) groups is 1. The van der Waals surface area contributed by atoms with Crippen LogP contribution in [0.3, 0.4) is 0 Å². The lowest BCUT2D eigenvalue weighted by Crippen LogP contribution is -2.17. The monoisotopic (exact) mass is 332 g/mol. The van der Waals surface area contributed by atoms with Crippen LogP contribution in [0.2, 0.25) is 0 Å². The molecule has 3 aromatic rings. The summed E-state index contributed by atoms with van der Waals surface area (Å²) in [5, 5.41) is 4.04. The normalized spacial score (nSPS) is 24.3. The zero-order chi connectivity index (χ0) is 17.0. The third kappa shape index (κ3) is 2.51. The first-order valence-corrected chi connectivity index (χ1v) is 8.92. The molecule has 0 aliphatic heterocycles. The van der Waals surface area contributed by atoms with Gasteiger partial charge >= 0.3 is 0 Å². The SMILES string of the molecule is Cc1cc(-c2cc3cnc(NC(=O)C4C5CCCC54)cc3[nH]2)ccn1. The van der Waals surface area contributed by atoms with Crippen molar-refractivity contribution in [2.75, 3.05) is 5.32 Å². The molecule has 1 amide bonds. The van der Waals surface area contributed by atoms with Crippen LogP contribution in [0.15, 0.2) is 36.7 Å². The van der Waals surface area contributed by atoms with Crippen molar-refractivity contribution in [3.8, 4) is 11.3 Å². The van der Waals surface area contributed by atoms with Crippen LogP contribution in [0, 0.1) is 24.7 Å². The molecule has 25 heavy (non-hydrogen) atoms. The number of nitrogens with zero attached hydrogens (tertiary/aromatic N) is 2. The maximum Gasteiger partial charge on any atom is 0.229 e. The summed E-state index contributed by atoms with van der Waals surface area (Å²) < 4.78 is 0. The summed E-state index contributed by atoms with van der Waals surface area (Å²) in [6.07, 6.45) is 7.32. The highest BCUT2D eigenvalue weighted by Crippen LogP contribution is 2.57. The highest BCUT2D eigenvalue weighted by Gasteiger charge is 2.56. The van der Waals surface area contributed by atoms with Crippen molar-refractivity contribution in [2.24, 2.45) is 17.8 Å². The minimum atomic E-state index is 0.137. The van der Waals surface area contributed by atoms with Crippen molar-refractivity contribution in [1.29, 1.82) is 0 Å². The van der Waals surface area contributed by atoms with Gasteiger partial charge in [-0.1, -0.05) is 6.42 Å². The molecule has 0 aromatic carbocycles. The minimum Gasteiger partial charge on any atom is -0.354 e. The number of aryl methyl sites for hydroxylation is 1. The molecule has 5 nitrogen and oxygen atoms in total. The van der Waals surface area contributed by atoms with Crippen LogP contribution in [-0.4, -0.2) is 20.9 Å². The zero-order valence-electron chi connectivity index (χ0n) is 14.1.